The van der Waals surface area contributed by atoms with Crippen LogP contribution in [0.25, 0.3) is 10.2 Å². The molecule has 4 rings (SSSR count). The van der Waals surface area contributed by atoms with Crippen molar-refractivity contribution in [3.63, 3.8) is 0 Å². The number of H-pyrrole nitrogens is 1. The summed E-state index contributed by atoms with van der Waals surface area (Å²) in [5.41, 5.74) is 1.15. The Balaban J connectivity index is 1.51. The van der Waals surface area contributed by atoms with Crippen LogP contribution in [0.5, 0.6) is 0 Å². The van der Waals surface area contributed by atoms with E-state index in [0.29, 0.717) is 22.7 Å². The molecule has 0 bridgehead atoms. The topological polar surface area (TPSA) is 66.1 Å². The van der Waals surface area contributed by atoms with Crippen LogP contribution in [0.1, 0.15) is 43.6 Å². The van der Waals surface area contributed by atoms with Gasteiger partial charge in [-0.05, 0) is 49.5 Å². The number of nitrogens with one attached hydrogen (secondary N) is 1. The van der Waals surface area contributed by atoms with Gasteiger partial charge in [0.15, 0.2) is 5.16 Å². The quantitative estimate of drug-likeness (QED) is 0.643. The summed E-state index contributed by atoms with van der Waals surface area (Å²) in [6, 6.07) is 0. The molecule has 0 saturated carbocycles. The van der Waals surface area contributed by atoms with E-state index < -0.39 is 0 Å². The van der Waals surface area contributed by atoms with Gasteiger partial charge in [0.25, 0.3) is 5.56 Å². The lowest BCUT2D eigenvalue weighted by Crippen LogP contribution is -2.40. The van der Waals surface area contributed by atoms with E-state index in [1.54, 1.807) is 11.3 Å². The third-order valence-electron chi connectivity index (χ3n) is 5.49. The van der Waals surface area contributed by atoms with E-state index in [1.807, 2.05) is 4.90 Å². The Hall–Kier alpha value is -1.34. The molecule has 1 fully saturated rings. The van der Waals surface area contributed by atoms with Crippen molar-refractivity contribution in [2.45, 2.75) is 51.1 Å². The summed E-state index contributed by atoms with van der Waals surface area (Å²) < 4.78 is 0. The average molecular weight is 392 g/mol. The highest BCUT2D eigenvalue weighted by Gasteiger charge is 2.24. The van der Waals surface area contributed by atoms with Gasteiger partial charge in [-0.1, -0.05) is 25.6 Å². The molecule has 3 heterocycles. The van der Waals surface area contributed by atoms with E-state index in [2.05, 4.69) is 23.8 Å². The van der Waals surface area contributed by atoms with E-state index in [1.165, 1.54) is 28.6 Å². The van der Waals surface area contributed by atoms with E-state index >= 15 is 0 Å². The largest absolute Gasteiger partial charge is 0.342 e. The molecule has 0 radical (unpaired) electrons. The highest BCUT2D eigenvalue weighted by molar-refractivity contribution is 7.99. The SMILES string of the molecule is C[C@@H]1CCCN(C(=O)CSc2nc3sc4c(c3c(=O)[nH]2)CC[C@H](C)C4)C1. The molecule has 1 aliphatic carbocycles. The summed E-state index contributed by atoms with van der Waals surface area (Å²) in [5, 5.41) is 1.34. The standard InChI is InChI=1S/C19H25N3O2S2/c1-11-5-6-13-14(8-11)26-18-16(13)17(24)20-19(21-18)25-10-15(23)22-7-3-4-12(2)9-22/h11-12H,3-10H2,1-2H3,(H,20,21,24)/t11-,12+/m0/s1. The van der Waals surface area contributed by atoms with Crippen LogP contribution in [0.3, 0.4) is 0 Å². The van der Waals surface area contributed by atoms with Gasteiger partial charge in [0.05, 0.1) is 11.1 Å². The van der Waals surface area contributed by atoms with Gasteiger partial charge >= 0.3 is 0 Å². The van der Waals surface area contributed by atoms with Crippen molar-refractivity contribution < 1.29 is 4.79 Å². The molecule has 2 atom stereocenters. The van der Waals surface area contributed by atoms with Crippen molar-refractivity contribution in [2.24, 2.45) is 11.8 Å². The van der Waals surface area contributed by atoms with Crippen molar-refractivity contribution in [3.8, 4) is 0 Å². The number of aryl methyl sites for hydroxylation is 1. The molecule has 1 aliphatic heterocycles. The van der Waals surface area contributed by atoms with E-state index in [0.717, 1.165) is 49.0 Å². The number of carbonyl (C=O) groups is 1. The Bertz CT molecular complexity index is 889. The molecule has 140 valence electrons. The van der Waals surface area contributed by atoms with Crippen LogP contribution < -0.4 is 5.56 Å². The molecule has 7 heteroatoms. The Morgan fingerprint density at radius 2 is 2.19 bits per heavy atom. The van der Waals surface area contributed by atoms with Crippen molar-refractivity contribution >= 4 is 39.2 Å². The summed E-state index contributed by atoms with van der Waals surface area (Å²) in [6.07, 6.45) is 5.43. The molecule has 0 unspecified atom stereocenters. The van der Waals surface area contributed by atoms with Crippen LogP contribution in [-0.4, -0.2) is 39.6 Å². The normalized spacial score (nSPS) is 23.2. The van der Waals surface area contributed by atoms with Crippen molar-refractivity contribution in [1.29, 1.82) is 0 Å². The number of thioether (sulfide) groups is 1. The number of carbonyl (C=O) groups excluding carboxylic acids is 1. The molecule has 1 amide bonds. The Kier molecular flexibility index (Phi) is 5.10. The van der Waals surface area contributed by atoms with Crippen molar-refractivity contribution in [1.82, 2.24) is 14.9 Å². The van der Waals surface area contributed by atoms with Gasteiger partial charge in [0.1, 0.15) is 4.83 Å². The van der Waals surface area contributed by atoms with Gasteiger partial charge in [-0.25, -0.2) is 4.98 Å². The zero-order valence-corrected chi connectivity index (χ0v) is 17.0. The highest BCUT2D eigenvalue weighted by Crippen LogP contribution is 2.36. The number of aromatic nitrogens is 2. The number of rotatable bonds is 3. The average Bonchev–Trinajstić information content (AvgIpc) is 2.97. The summed E-state index contributed by atoms with van der Waals surface area (Å²) in [7, 11) is 0. The third-order valence-corrected chi connectivity index (χ3v) is 7.49. The maximum absolute atomic E-state index is 12.6. The van der Waals surface area contributed by atoms with Crippen molar-refractivity contribution in [2.75, 3.05) is 18.8 Å². The number of thiophene rings is 1. The van der Waals surface area contributed by atoms with E-state index in [4.69, 9.17) is 0 Å². The van der Waals surface area contributed by atoms with Gasteiger partial charge < -0.3 is 9.88 Å². The summed E-state index contributed by atoms with van der Waals surface area (Å²) in [5.74, 6) is 1.73. The maximum Gasteiger partial charge on any atom is 0.260 e. The van der Waals surface area contributed by atoms with Crippen LogP contribution in [0.4, 0.5) is 0 Å². The molecule has 26 heavy (non-hydrogen) atoms. The minimum absolute atomic E-state index is 0.0522. The fourth-order valence-corrected chi connectivity index (χ4v) is 6.24. The van der Waals surface area contributed by atoms with Gasteiger partial charge in [-0.3, -0.25) is 9.59 Å². The molecule has 0 aromatic carbocycles. The number of amides is 1. The lowest BCUT2D eigenvalue weighted by atomic mass is 9.89. The number of hydrogen-bond donors (Lipinski definition) is 1. The highest BCUT2D eigenvalue weighted by atomic mass is 32.2. The first-order valence-corrected chi connectivity index (χ1v) is 11.3. The van der Waals surface area contributed by atoms with E-state index in [9.17, 15) is 9.59 Å². The van der Waals surface area contributed by atoms with Gasteiger partial charge in [0, 0.05) is 18.0 Å². The molecule has 5 nitrogen and oxygen atoms in total. The number of fused-ring (bicyclic) bond motifs is 3. The lowest BCUT2D eigenvalue weighted by molar-refractivity contribution is -0.130. The summed E-state index contributed by atoms with van der Waals surface area (Å²) in [4.78, 5) is 36.7. The summed E-state index contributed by atoms with van der Waals surface area (Å²) >= 11 is 3.00. The van der Waals surface area contributed by atoms with Gasteiger partial charge in [0.2, 0.25) is 5.91 Å². The molecule has 2 aromatic heterocycles. The minimum atomic E-state index is -0.0522. The smallest absolute Gasteiger partial charge is 0.260 e. The number of likely N-dealkylation sites (tertiary alicyclic amines) is 1. The zero-order chi connectivity index (χ0) is 18.3. The number of piperidine rings is 1. The Morgan fingerprint density at radius 1 is 1.35 bits per heavy atom. The fraction of sp³-hybridized carbons (Fsp3) is 0.632. The number of hydrogen-bond acceptors (Lipinski definition) is 5. The van der Waals surface area contributed by atoms with Crippen molar-refractivity contribution in [3.05, 3.63) is 20.8 Å². The van der Waals surface area contributed by atoms with Crippen LogP contribution in [0, 0.1) is 11.8 Å². The Morgan fingerprint density at radius 3 is 3.00 bits per heavy atom. The second-order valence-corrected chi connectivity index (χ2v) is 9.83. The third kappa shape index (κ3) is 3.56. The predicted octanol–water partition coefficient (Wildman–Crippen LogP) is 3.46. The molecule has 0 spiro atoms. The fourth-order valence-electron chi connectivity index (χ4n) is 4.03. The second-order valence-electron chi connectivity index (χ2n) is 7.78. The first-order valence-electron chi connectivity index (χ1n) is 9.46. The molecule has 2 aromatic rings. The van der Waals surface area contributed by atoms with Crippen LogP contribution in [0.15, 0.2) is 9.95 Å². The second kappa shape index (κ2) is 7.35. The molecular formula is C19H25N3O2S2. The Labute approximate surface area is 161 Å². The summed E-state index contributed by atoms with van der Waals surface area (Å²) in [6.45, 7) is 6.15. The van der Waals surface area contributed by atoms with Crippen LogP contribution in [0.2, 0.25) is 0 Å². The number of aromatic amines is 1. The minimum Gasteiger partial charge on any atom is -0.342 e. The first-order chi connectivity index (χ1) is 12.5. The maximum atomic E-state index is 12.6. The zero-order valence-electron chi connectivity index (χ0n) is 15.3. The van der Waals surface area contributed by atoms with Gasteiger partial charge in [-0.2, -0.15) is 0 Å². The van der Waals surface area contributed by atoms with Gasteiger partial charge in [-0.15, -0.1) is 11.3 Å². The van der Waals surface area contributed by atoms with Crippen LogP contribution in [-0.2, 0) is 17.6 Å². The predicted molar refractivity (Wildman–Crippen MR) is 107 cm³/mol. The number of nitrogens with zero attached hydrogens (tertiary/aromatic N) is 2. The monoisotopic (exact) mass is 391 g/mol. The molecular weight excluding hydrogens is 366 g/mol. The van der Waals surface area contributed by atoms with Crippen LogP contribution >= 0.6 is 23.1 Å². The van der Waals surface area contributed by atoms with E-state index in [-0.39, 0.29) is 11.5 Å². The molecule has 1 N–H and O–H groups in total. The first kappa shape index (κ1) is 18.0. The molecule has 1 saturated heterocycles. The lowest BCUT2D eigenvalue weighted by Gasteiger charge is -2.30. The molecule has 2 aliphatic rings.